The molecule has 0 amide bonds. The fourth-order valence-electron chi connectivity index (χ4n) is 2.70. The third-order valence-corrected chi connectivity index (χ3v) is 3.70. The van der Waals surface area contributed by atoms with Gasteiger partial charge < -0.3 is 19.5 Å². The highest BCUT2D eigenvalue weighted by molar-refractivity contribution is 6.01. The van der Waals surface area contributed by atoms with Gasteiger partial charge in [0, 0.05) is 26.2 Å². The molecule has 0 bridgehead atoms. The number of allylic oxidation sites excluding steroid dienone is 1. The number of Topliss-reactive ketones (excluding diaryl/α,β-unsaturated/α-hetero) is 1. The minimum absolute atomic E-state index is 0.115. The molecule has 0 radical (unpaired) electrons. The average Bonchev–Trinajstić information content (AvgIpc) is 2.49. The predicted octanol–water partition coefficient (Wildman–Crippen LogP) is 0.477. The van der Waals surface area contributed by atoms with Gasteiger partial charge in [0.2, 0.25) is 0 Å². The largest absolute Gasteiger partial charge is 0.510 e. The zero-order valence-corrected chi connectivity index (χ0v) is 14.7. The molecule has 1 aliphatic rings. The lowest BCUT2D eigenvalue weighted by Crippen LogP contribution is -2.55. The lowest BCUT2D eigenvalue weighted by molar-refractivity contribution is -0.154. The average molecular weight is 342 g/mol. The Kier molecular flexibility index (Phi) is 7.70. The van der Waals surface area contributed by atoms with Crippen LogP contribution in [0.15, 0.2) is 11.5 Å². The fraction of sp³-hybridized carbons (Fsp3) is 0.688. The quantitative estimate of drug-likeness (QED) is 0.309. The Labute approximate surface area is 142 Å². The molecule has 24 heavy (non-hydrogen) atoms. The number of nitrogens with zero attached hydrogens (tertiary/aromatic N) is 2. The van der Waals surface area contributed by atoms with Gasteiger partial charge in [0.1, 0.15) is 5.76 Å². The fourth-order valence-corrected chi connectivity index (χ4v) is 2.70. The monoisotopic (exact) mass is 342 g/mol. The van der Waals surface area contributed by atoms with E-state index in [1.165, 1.54) is 13.8 Å². The van der Waals surface area contributed by atoms with E-state index >= 15 is 0 Å². The number of carbonyl (C=O) groups is 3. The first-order chi connectivity index (χ1) is 11.3. The number of hydrogen-bond acceptors (Lipinski definition) is 8. The molecule has 0 aromatic rings. The normalized spacial score (nSPS) is 17.8. The van der Waals surface area contributed by atoms with Crippen molar-refractivity contribution in [3.05, 3.63) is 11.5 Å². The summed E-state index contributed by atoms with van der Waals surface area (Å²) in [4.78, 5) is 39.2. The molecule has 1 aliphatic heterocycles. The zero-order valence-electron chi connectivity index (χ0n) is 14.7. The molecule has 1 unspecified atom stereocenters. The van der Waals surface area contributed by atoms with Crippen molar-refractivity contribution in [3.8, 4) is 0 Å². The first-order valence-corrected chi connectivity index (χ1v) is 8.06. The molecule has 1 saturated heterocycles. The standard InChI is InChI=1S/C16H26N2O6/c1-5-23-15(21)13(11(3)19)17-7-9-18(10-8-17)14(12(4)20)16(22)24-6-2/h13,20H,5-10H2,1-4H3/b14-12-. The van der Waals surface area contributed by atoms with Crippen LogP contribution in [0.5, 0.6) is 0 Å². The molecule has 1 heterocycles. The summed E-state index contributed by atoms with van der Waals surface area (Å²) in [6.45, 7) is 8.13. The predicted molar refractivity (Wildman–Crippen MR) is 86.2 cm³/mol. The minimum Gasteiger partial charge on any atom is -0.510 e. The maximum Gasteiger partial charge on any atom is 0.358 e. The van der Waals surface area contributed by atoms with Crippen LogP contribution in [0.3, 0.4) is 0 Å². The van der Waals surface area contributed by atoms with Crippen LogP contribution < -0.4 is 0 Å². The summed E-state index contributed by atoms with van der Waals surface area (Å²) in [7, 11) is 0. The van der Waals surface area contributed by atoms with Gasteiger partial charge >= 0.3 is 11.9 Å². The molecule has 0 spiro atoms. The molecule has 1 fully saturated rings. The Hall–Kier alpha value is -2.09. The van der Waals surface area contributed by atoms with Crippen LogP contribution in [-0.2, 0) is 23.9 Å². The molecule has 0 aromatic heterocycles. The molecular weight excluding hydrogens is 316 g/mol. The highest BCUT2D eigenvalue weighted by atomic mass is 16.5. The maximum absolute atomic E-state index is 12.0. The number of ether oxygens (including phenoxy) is 2. The van der Waals surface area contributed by atoms with E-state index < -0.39 is 18.0 Å². The number of carbonyl (C=O) groups excluding carboxylic acids is 3. The van der Waals surface area contributed by atoms with E-state index in [1.807, 2.05) is 0 Å². The van der Waals surface area contributed by atoms with Crippen LogP contribution in [-0.4, -0.2) is 78.1 Å². The highest BCUT2D eigenvalue weighted by Gasteiger charge is 2.35. The number of ketones is 1. The highest BCUT2D eigenvalue weighted by Crippen LogP contribution is 2.16. The van der Waals surface area contributed by atoms with E-state index in [4.69, 9.17) is 9.47 Å². The molecule has 0 aromatic carbocycles. The Bertz CT molecular complexity index is 505. The molecular formula is C16H26N2O6. The summed E-state index contributed by atoms with van der Waals surface area (Å²) in [6.07, 6.45) is 0. The first-order valence-electron chi connectivity index (χ1n) is 8.06. The van der Waals surface area contributed by atoms with Gasteiger partial charge in [-0.2, -0.15) is 0 Å². The SMILES string of the molecule is CCOC(=O)/C(=C(\C)O)N1CCN(C(C(C)=O)C(=O)OCC)CC1. The Balaban J connectivity index is 2.80. The van der Waals surface area contributed by atoms with Gasteiger partial charge in [0.15, 0.2) is 17.5 Å². The van der Waals surface area contributed by atoms with Gasteiger partial charge in [-0.1, -0.05) is 0 Å². The second-order valence-electron chi connectivity index (χ2n) is 5.44. The van der Waals surface area contributed by atoms with Crippen LogP contribution in [0.4, 0.5) is 0 Å². The van der Waals surface area contributed by atoms with Crippen molar-refractivity contribution in [2.75, 3.05) is 39.4 Å². The van der Waals surface area contributed by atoms with Gasteiger partial charge in [-0.25, -0.2) is 9.59 Å². The van der Waals surface area contributed by atoms with Crippen molar-refractivity contribution in [1.82, 2.24) is 9.80 Å². The number of hydrogen-bond donors (Lipinski definition) is 1. The van der Waals surface area contributed by atoms with Crippen molar-refractivity contribution in [3.63, 3.8) is 0 Å². The molecule has 0 aliphatic carbocycles. The molecule has 8 nitrogen and oxygen atoms in total. The van der Waals surface area contributed by atoms with Crippen molar-refractivity contribution >= 4 is 17.7 Å². The van der Waals surface area contributed by atoms with Gasteiger partial charge in [0.25, 0.3) is 0 Å². The lowest BCUT2D eigenvalue weighted by Gasteiger charge is -2.38. The van der Waals surface area contributed by atoms with Gasteiger partial charge in [-0.15, -0.1) is 0 Å². The minimum atomic E-state index is -0.933. The van der Waals surface area contributed by atoms with Crippen LogP contribution >= 0.6 is 0 Å². The second kappa shape index (κ2) is 9.27. The Morgan fingerprint density at radius 3 is 1.96 bits per heavy atom. The van der Waals surface area contributed by atoms with Gasteiger partial charge in [0.05, 0.1) is 13.2 Å². The molecule has 136 valence electrons. The third-order valence-electron chi connectivity index (χ3n) is 3.70. The number of aliphatic hydroxyl groups excluding tert-OH is 1. The lowest BCUT2D eigenvalue weighted by atomic mass is 10.1. The van der Waals surface area contributed by atoms with E-state index in [0.29, 0.717) is 26.2 Å². The molecule has 1 rings (SSSR count). The van der Waals surface area contributed by atoms with Crippen LogP contribution in [0.1, 0.15) is 27.7 Å². The van der Waals surface area contributed by atoms with Crippen molar-refractivity contribution < 1.29 is 29.0 Å². The molecule has 0 saturated carbocycles. The first kappa shape index (κ1) is 20.0. The van der Waals surface area contributed by atoms with E-state index in [0.717, 1.165) is 0 Å². The van der Waals surface area contributed by atoms with E-state index in [9.17, 15) is 19.5 Å². The molecule has 1 N–H and O–H groups in total. The van der Waals surface area contributed by atoms with E-state index in [1.54, 1.807) is 23.6 Å². The number of piperazine rings is 1. The summed E-state index contributed by atoms with van der Waals surface area (Å²) in [5.41, 5.74) is 0.118. The van der Waals surface area contributed by atoms with E-state index in [2.05, 4.69) is 0 Å². The van der Waals surface area contributed by atoms with Crippen LogP contribution in [0.25, 0.3) is 0 Å². The third kappa shape index (κ3) is 4.95. The summed E-state index contributed by atoms with van der Waals surface area (Å²) in [5, 5.41) is 9.78. The van der Waals surface area contributed by atoms with Crippen molar-refractivity contribution in [2.24, 2.45) is 0 Å². The van der Waals surface area contributed by atoms with E-state index in [-0.39, 0.29) is 30.5 Å². The number of aliphatic hydroxyl groups is 1. The summed E-state index contributed by atoms with van der Waals surface area (Å²) in [5.74, 6) is -1.53. The topological polar surface area (TPSA) is 96.4 Å². The van der Waals surface area contributed by atoms with Gasteiger partial charge in [-0.3, -0.25) is 9.69 Å². The van der Waals surface area contributed by atoms with Gasteiger partial charge in [-0.05, 0) is 27.7 Å². The van der Waals surface area contributed by atoms with Crippen LogP contribution in [0, 0.1) is 0 Å². The number of esters is 2. The van der Waals surface area contributed by atoms with Crippen molar-refractivity contribution in [2.45, 2.75) is 33.7 Å². The molecule has 8 heteroatoms. The summed E-state index contributed by atoms with van der Waals surface area (Å²) in [6, 6.07) is -0.933. The maximum atomic E-state index is 12.0. The summed E-state index contributed by atoms with van der Waals surface area (Å²) < 4.78 is 9.92. The number of rotatable bonds is 7. The Morgan fingerprint density at radius 2 is 1.54 bits per heavy atom. The van der Waals surface area contributed by atoms with Crippen LogP contribution in [0.2, 0.25) is 0 Å². The molecule has 1 atom stereocenters. The zero-order chi connectivity index (χ0) is 18.3. The summed E-state index contributed by atoms with van der Waals surface area (Å²) >= 11 is 0. The Morgan fingerprint density at radius 1 is 1.00 bits per heavy atom. The van der Waals surface area contributed by atoms with Crippen molar-refractivity contribution in [1.29, 1.82) is 0 Å². The smallest absolute Gasteiger partial charge is 0.358 e. The second-order valence-corrected chi connectivity index (χ2v) is 5.44.